The van der Waals surface area contributed by atoms with Crippen molar-refractivity contribution in [3.63, 3.8) is 0 Å². The zero-order valence-electron chi connectivity index (χ0n) is 11.2. The Balaban J connectivity index is 1.96. The average Bonchev–Trinajstić information content (AvgIpc) is 2.99. The molecule has 1 saturated heterocycles. The lowest BCUT2D eigenvalue weighted by atomic mass is 10.1. The zero-order chi connectivity index (χ0) is 14.9. The largest absolute Gasteiger partial charge is 0.264 e. The van der Waals surface area contributed by atoms with Gasteiger partial charge in [0.05, 0.1) is 6.04 Å². The lowest BCUT2D eigenvalue weighted by Crippen LogP contribution is -2.30. The van der Waals surface area contributed by atoms with Gasteiger partial charge in [-0.1, -0.05) is 17.7 Å². The van der Waals surface area contributed by atoms with E-state index in [9.17, 15) is 8.42 Å². The lowest BCUT2D eigenvalue weighted by Gasteiger charge is -2.24. The molecule has 0 amide bonds. The first-order valence-electron chi connectivity index (χ1n) is 6.62. The highest BCUT2D eigenvalue weighted by Gasteiger charge is 2.36. The first kappa shape index (κ1) is 14.4. The van der Waals surface area contributed by atoms with E-state index in [1.54, 1.807) is 12.4 Å². The van der Waals surface area contributed by atoms with E-state index < -0.39 is 10.0 Å². The van der Waals surface area contributed by atoms with E-state index in [4.69, 9.17) is 11.6 Å². The Morgan fingerprint density at radius 1 is 1.24 bits per heavy atom. The molecule has 1 unspecified atom stereocenters. The van der Waals surface area contributed by atoms with Crippen molar-refractivity contribution in [3.05, 3.63) is 53.6 Å². The van der Waals surface area contributed by atoms with Gasteiger partial charge in [0.15, 0.2) is 0 Å². The number of pyridine rings is 2. The van der Waals surface area contributed by atoms with Gasteiger partial charge in [0.2, 0.25) is 10.0 Å². The first-order chi connectivity index (χ1) is 10.1. The first-order valence-corrected chi connectivity index (χ1v) is 8.44. The SMILES string of the molecule is O=S(=O)(c1ccc(Cl)nc1)N1CCCC1c1cccnc1. The molecule has 2 aromatic heterocycles. The molecule has 7 heteroatoms. The van der Waals surface area contributed by atoms with Gasteiger partial charge in [0.25, 0.3) is 0 Å². The van der Waals surface area contributed by atoms with Gasteiger partial charge < -0.3 is 0 Å². The summed E-state index contributed by atoms with van der Waals surface area (Å²) >= 11 is 5.72. The van der Waals surface area contributed by atoms with Crippen LogP contribution in [0.1, 0.15) is 24.4 Å². The monoisotopic (exact) mass is 323 g/mol. The molecule has 0 bridgehead atoms. The Hall–Kier alpha value is -1.50. The number of hydrogen-bond acceptors (Lipinski definition) is 4. The molecule has 0 saturated carbocycles. The molecule has 0 spiro atoms. The van der Waals surface area contributed by atoms with Crippen LogP contribution in [-0.4, -0.2) is 29.2 Å². The molecule has 1 aliphatic rings. The van der Waals surface area contributed by atoms with Crippen LogP contribution >= 0.6 is 11.6 Å². The van der Waals surface area contributed by atoms with Crippen molar-refractivity contribution in [3.8, 4) is 0 Å². The smallest absolute Gasteiger partial charge is 0.245 e. The third kappa shape index (κ3) is 2.79. The summed E-state index contributed by atoms with van der Waals surface area (Å²) in [4.78, 5) is 8.11. The van der Waals surface area contributed by atoms with Crippen molar-refractivity contribution in [1.29, 1.82) is 0 Å². The fraction of sp³-hybridized carbons (Fsp3) is 0.286. The van der Waals surface area contributed by atoms with Gasteiger partial charge in [0, 0.05) is 25.1 Å². The van der Waals surface area contributed by atoms with Gasteiger partial charge in [-0.3, -0.25) is 4.98 Å². The van der Waals surface area contributed by atoms with Gasteiger partial charge in [-0.25, -0.2) is 13.4 Å². The van der Waals surface area contributed by atoms with E-state index in [1.165, 1.54) is 22.6 Å². The van der Waals surface area contributed by atoms with E-state index >= 15 is 0 Å². The molecule has 1 atom stereocenters. The molecule has 0 radical (unpaired) electrons. The normalized spacial score (nSPS) is 19.8. The van der Waals surface area contributed by atoms with E-state index in [0.29, 0.717) is 6.54 Å². The standard InChI is InChI=1S/C14H14ClN3O2S/c15-14-6-5-12(10-17-14)21(19,20)18-8-2-4-13(18)11-3-1-7-16-9-11/h1,3,5-7,9-10,13H,2,4,8H2. The quantitative estimate of drug-likeness (QED) is 0.815. The Labute approximate surface area is 128 Å². The Morgan fingerprint density at radius 2 is 2.10 bits per heavy atom. The maximum absolute atomic E-state index is 12.8. The highest BCUT2D eigenvalue weighted by Crippen LogP contribution is 2.36. The van der Waals surface area contributed by atoms with E-state index in [2.05, 4.69) is 9.97 Å². The summed E-state index contributed by atoms with van der Waals surface area (Å²) < 4.78 is 27.0. The van der Waals surface area contributed by atoms with Crippen molar-refractivity contribution in [2.75, 3.05) is 6.54 Å². The summed E-state index contributed by atoms with van der Waals surface area (Å²) in [6, 6.07) is 6.54. The van der Waals surface area contributed by atoms with Crippen LogP contribution in [0.5, 0.6) is 0 Å². The lowest BCUT2D eigenvalue weighted by molar-refractivity contribution is 0.396. The second-order valence-corrected chi connectivity index (χ2v) is 7.15. The second-order valence-electron chi connectivity index (χ2n) is 4.88. The van der Waals surface area contributed by atoms with Crippen LogP contribution in [-0.2, 0) is 10.0 Å². The average molecular weight is 324 g/mol. The maximum Gasteiger partial charge on any atom is 0.245 e. The molecular weight excluding hydrogens is 310 g/mol. The molecule has 5 nitrogen and oxygen atoms in total. The molecule has 1 aliphatic heterocycles. The summed E-state index contributed by atoms with van der Waals surface area (Å²) in [7, 11) is -3.57. The minimum atomic E-state index is -3.57. The molecule has 0 aromatic carbocycles. The van der Waals surface area contributed by atoms with Crippen LogP contribution in [0, 0.1) is 0 Å². The van der Waals surface area contributed by atoms with Crippen molar-refractivity contribution in [1.82, 2.24) is 14.3 Å². The summed E-state index contributed by atoms with van der Waals surface area (Å²) in [6.07, 6.45) is 6.33. The van der Waals surface area contributed by atoms with Crippen LogP contribution in [0.25, 0.3) is 0 Å². The van der Waals surface area contributed by atoms with E-state index in [1.807, 2.05) is 12.1 Å². The Morgan fingerprint density at radius 3 is 2.76 bits per heavy atom. The molecular formula is C14H14ClN3O2S. The molecule has 3 rings (SSSR count). The van der Waals surface area contributed by atoms with Crippen LogP contribution in [0.4, 0.5) is 0 Å². The van der Waals surface area contributed by atoms with Gasteiger partial charge in [-0.05, 0) is 36.6 Å². The molecule has 2 aromatic rings. The van der Waals surface area contributed by atoms with Crippen LogP contribution in [0.15, 0.2) is 47.8 Å². The second kappa shape index (κ2) is 5.71. The number of halogens is 1. The van der Waals surface area contributed by atoms with Crippen LogP contribution in [0.2, 0.25) is 5.15 Å². The number of hydrogen-bond donors (Lipinski definition) is 0. The van der Waals surface area contributed by atoms with Crippen molar-refractivity contribution >= 4 is 21.6 Å². The third-order valence-electron chi connectivity index (χ3n) is 3.58. The summed E-state index contributed by atoms with van der Waals surface area (Å²) in [6.45, 7) is 0.504. The molecule has 21 heavy (non-hydrogen) atoms. The van der Waals surface area contributed by atoms with Gasteiger partial charge in [-0.2, -0.15) is 4.31 Å². The summed E-state index contributed by atoms with van der Waals surface area (Å²) in [5.74, 6) is 0. The van der Waals surface area contributed by atoms with Crippen LogP contribution in [0.3, 0.4) is 0 Å². The fourth-order valence-corrected chi connectivity index (χ4v) is 4.32. The number of sulfonamides is 1. The zero-order valence-corrected chi connectivity index (χ0v) is 12.8. The van der Waals surface area contributed by atoms with Crippen molar-refractivity contribution in [2.45, 2.75) is 23.8 Å². The Kier molecular flexibility index (Phi) is 3.93. The minimum absolute atomic E-state index is 0.167. The van der Waals surface area contributed by atoms with Crippen molar-refractivity contribution in [2.24, 2.45) is 0 Å². The molecule has 110 valence electrons. The summed E-state index contributed by atoms with van der Waals surface area (Å²) in [5.41, 5.74) is 0.917. The van der Waals surface area contributed by atoms with E-state index in [-0.39, 0.29) is 16.1 Å². The highest BCUT2D eigenvalue weighted by atomic mass is 35.5. The predicted octanol–water partition coefficient (Wildman–Crippen LogP) is 2.66. The van der Waals surface area contributed by atoms with Gasteiger partial charge >= 0.3 is 0 Å². The van der Waals surface area contributed by atoms with Crippen molar-refractivity contribution < 1.29 is 8.42 Å². The fourth-order valence-electron chi connectivity index (χ4n) is 2.58. The maximum atomic E-state index is 12.8. The molecule has 3 heterocycles. The van der Waals surface area contributed by atoms with E-state index in [0.717, 1.165) is 18.4 Å². The summed E-state index contributed by atoms with van der Waals surface area (Å²) in [5, 5.41) is 0.277. The third-order valence-corrected chi connectivity index (χ3v) is 5.70. The number of nitrogens with zero attached hydrogens (tertiary/aromatic N) is 3. The molecule has 0 aliphatic carbocycles. The minimum Gasteiger partial charge on any atom is -0.264 e. The van der Waals surface area contributed by atoms with Gasteiger partial charge in [0.1, 0.15) is 10.0 Å². The molecule has 1 fully saturated rings. The topological polar surface area (TPSA) is 63.2 Å². The molecule has 0 N–H and O–H groups in total. The van der Waals surface area contributed by atoms with Crippen LogP contribution < -0.4 is 0 Å². The Bertz CT molecular complexity index is 720. The predicted molar refractivity (Wildman–Crippen MR) is 79.4 cm³/mol. The van der Waals surface area contributed by atoms with Gasteiger partial charge in [-0.15, -0.1) is 0 Å². The highest BCUT2D eigenvalue weighted by molar-refractivity contribution is 7.89. The number of rotatable bonds is 3. The number of aromatic nitrogens is 2.